The molecule has 9 heavy (non-hydrogen) atoms. The van der Waals surface area contributed by atoms with Crippen molar-refractivity contribution in [1.29, 1.82) is 0 Å². The third-order valence-electron chi connectivity index (χ3n) is 0. The van der Waals surface area contributed by atoms with Crippen molar-refractivity contribution in [3.05, 3.63) is 0 Å². The molecule has 0 aliphatic carbocycles. The molecular formula is H8F7KNi. The second-order valence-corrected chi connectivity index (χ2v) is 0. The second kappa shape index (κ2) is 268. The summed E-state index contributed by atoms with van der Waals surface area (Å²) in [4.78, 5) is 0. The van der Waals surface area contributed by atoms with Gasteiger partial charge < -0.3 is 0 Å². The van der Waals surface area contributed by atoms with Crippen LogP contribution in [-0.4, -0.2) is 51.4 Å². The van der Waals surface area contributed by atoms with Crippen molar-refractivity contribution in [2.45, 2.75) is 0 Å². The Kier molecular flexibility index (Phi) is 10900. The van der Waals surface area contributed by atoms with E-state index in [1.165, 1.54) is 0 Å². The molecule has 0 amide bonds. The van der Waals surface area contributed by atoms with Gasteiger partial charge in [0.05, 0.1) is 0 Å². The number of halogens is 7. The SMILES string of the molecule is F.F.F.F.F.F.F.[KH].[Ni]. The minimum atomic E-state index is 0. The van der Waals surface area contributed by atoms with E-state index in [-0.39, 0.29) is 101 Å². The molecule has 9 heteroatoms. The quantitative estimate of drug-likeness (QED) is 0.424. The maximum absolute atomic E-state index is 0. The van der Waals surface area contributed by atoms with Gasteiger partial charge in [-0.1, -0.05) is 0 Å². The van der Waals surface area contributed by atoms with Crippen molar-refractivity contribution in [2.24, 2.45) is 0 Å². The summed E-state index contributed by atoms with van der Waals surface area (Å²) in [5, 5.41) is 0. The van der Waals surface area contributed by atoms with Gasteiger partial charge in [-0.2, -0.15) is 0 Å². The van der Waals surface area contributed by atoms with Crippen molar-refractivity contribution in [3.8, 4) is 0 Å². The molecule has 0 saturated carbocycles. The summed E-state index contributed by atoms with van der Waals surface area (Å²) in [6.07, 6.45) is 0. The Morgan fingerprint density at radius 1 is 0.333 bits per heavy atom. The maximum Gasteiger partial charge on any atom is 0 e. The average molecular weight is 239 g/mol. The van der Waals surface area contributed by atoms with E-state index in [1.807, 2.05) is 0 Å². The average Bonchev–Trinajstić information content (AvgIpc) is 0. The Balaban J connectivity index is 0. The molecule has 0 radical (unpaired) electrons. The topological polar surface area (TPSA) is 0 Å². The van der Waals surface area contributed by atoms with Crippen LogP contribution < -0.4 is 0 Å². The van der Waals surface area contributed by atoms with E-state index < -0.39 is 0 Å². The van der Waals surface area contributed by atoms with Gasteiger partial charge in [0.2, 0.25) is 0 Å². The Morgan fingerprint density at radius 2 is 0.333 bits per heavy atom. The summed E-state index contributed by atoms with van der Waals surface area (Å²) in [5.41, 5.74) is 0. The Morgan fingerprint density at radius 3 is 0.333 bits per heavy atom. The molecule has 0 nitrogen and oxygen atoms in total. The van der Waals surface area contributed by atoms with E-state index in [0.717, 1.165) is 0 Å². The van der Waals surface area contributed by atoms with Crippen molar-refractivity contribution in [2.75, 3.05) is 0 Å². The standard InChI is InChI=1S/7FH.K.Ni.H/h7*1H;;;. The van der Waals surface area contributed by atoms with Crippen LogP contribution in [0.2, 0.25) is 0 Å². The molecule has 0 unspecified atom stereocenters. The van der Waals surface area contributed by atoms with Crippen LogP contribution >= 0.6 is 0 Å². The molecule has 0 aliphatic heterocycles. The maximum atomic E-state index is 0. The van der Waals surface area contributed by atoms with Gasteiger partial charge in [0.1, 0.15) is 0 Å². The third kappa shape index (κ3) is 209. The summed E-state index contributed by atoms with van der Waals surface area (Å²) in [6.45, 7) is 0. The van der Waals surface area contributed by atoms with Gasteiger partial charge >= 0.3 is 51.4 Å². The predicted molar refractivity (Wildman–Crippen MR) is 24.7 cm³/mol. The summed E-state index contributed by atoms with van der Waals surface area (Å²) >= 11 is 0. The van der Waals surface area contributed by atoms with Crippen LogP contribution in [-0.2, 0) is 16.5 Å². The fraction of sp³-hybridized carbons (Fsp3) is 0. The van der Waals surface area contributed by atoms with Crippen molar-refractivity contribution < 1.29 is 49.4 Å². The van der Waals surface area contributed by atoms with Crippen LogP contribution in [0, 0.1) is 0 Å². The minimum absolute atomic E-state index is 0. The van der Waals surface area contributed by atoms with E-state index in [2.05, 4.69) is 0 Å². The first-order valence-corrected chi connectivity index (χ1v) is 0. The first-order valence-electron chi connectivity index (χ1n) is 0. The van der Waals surface area contributed by atoms with Gasteiger partial charge in [0.25, 0.3) is 0 Å². The van der Waals surface area contributed by atoms with Crippen LogP contribution in [0.15, 0.2) is 0 Å². The zero-order valence-corrected chi connectivity index (χ0v) is 4.16. The number of hydrogen-bond donors (Lipinski definition) is 0. The fourth-order valence-corrected chi connectivity index (χ4v) is 0. The molecule has 0 fully saturated rings. The van der Waals surface area contributed by atoms with Gasteiger partial charge in [0.15, 0.2) is 0 Å². The Bertz CT molecular complexity index is 8.88. The number of hydrogen-bond acceptors (Lipinski definition) is 0. The van der Waals surface area contributed by atoms with Crippen LogP contribution in [0.25, 0.3) is 0 Å². The van der Waals surface area contributed by atoms with Crippen LogP contribution in [0.3, 0.4) is 0 Å². The van der Waals surface area contributed by atoms with Crippen LogP contribution in [0.5, 0.6) is 0 Å². The summed E-state index contributed by atoms with van der Waals surface area (Å²) < 4.78 is 0. The van der Waals surface area contributed by atoms with E-state index >= 15 is 0 Å². The first kappa shape index (κ1) is 368. The zero-order valence-electron chi connectivity index (χ0n) is 3.17. The molecule has 0 heterocycles. The minimum Gasteiger partial charge on any atom is 0 e. The van der Waals surface area contributed by atoms with Crippen molar-refractivity contribution in [3.63, 3.8) is 0 Å². The molecule has 0 aromatic heterocycles. The smallest absolute Gasteiger partial charge is 0 e. The first-order chi connectivity index (χ1) is 0. The van der Waals surface area contributed by atoms with Crippen LogP contribution in [0.1, 0.15) is 0 Å². The predicted octanol–water partition coefficient (Wildman–Crippen LogP) is 0.416. The molecule has 0 aliphatic rings. The molecule has 0 atom stereocenters. The molecule has 68 valence electrons. The van der Waals surface area contributed by atoms with Gasteiger partial charge in [-0.3, -0.25) is 32.9 Å². The normalized spacial score (nSPS) is 0. The molecule has 0 bridgehead atoms. The molecular weight excluding hydrogens is 231 g/mol. The second-order valence-electron chi connectivity index (χ2n) is 0. The van der Waals surface area contributed by atoms with Gasteiger partial charge in [-0.15, -0.1) is 0 Å². The number of rotatable bonds is 0. The summed E-state index contributed by atoms with van der Waals surface area (Å²) in [7, 11) is 0. The monoisotopic (exact) mass is 238 g/mol. The third-order valence-corrected chi connectivity index (χ3v) is 0. The van der Waals surface area contributed by atoms with Gasteiger partial charge in [0, 0.05) is 16.5 Å². The van der Waals surface area contributed by atoms with E-state index in [1.54, 1.807) is 0 Å². The fourth-order valence-electron chi connectivity index (χ4n) is 0. The van der Waals surface area contributed by atoms with E-state index in [4.69, 9.17) is 0 Å². The molecule has 0 aromatic rings. The Labute approximate surface area is 99.4 Å². The van der Waals surface area contributed by atoms with Crippen molar-refractivity contribution >= 4 is 51.4 Å². The van der Waals surface area contributed by atoms with Gasteiger partial charge in [-0.05, 0) is 0 Å². The molecule has 0 rings (SSSR count). The van der Waals surface area contributed by atoms with E-state index in [9.17, 15) is 0 Å². The molecule has 0 N–H and O–H groups in total. The molecule has 0 spiro atoms. The summed E-state index contributed by atoms with van der Waals surface area (Å²) in [5.74, 6) is 0. The Hall–Kier alpha value is 1.64. The molecule has 0 aromatic carbocycles. The van der Waals surface area contributed by atoms with Crippen molar-refractivity contribution in [1.82, 2.24) is 0 Å². The zero-order chi connectivity index (χ0) is 0. The van der Waals surface area contributed by atoms with Crippen LogP contribution in [0.4, 0.5) is 32.9 Å². The van der Waals surface area contributed by atoms with Gasteiger partial charge in [-0.25, -0.2) is 0 Å². The molecule has 0 saturated heterocycles. The largest absolute Gasteiger partial charge is 0 e. The summed E-state index contributed by atoms with van der Waals surface area (Å²) in [6, 6.07) is 0. The van der Waals surface area contributed by atoms with E-state index in [0.29, 0.717) is 0 Å².